The number of benzene rings is 2. The summed E-state index contributed by atoms with van der Waals surface area (Å²) in [5.41, 5.74) is 0.254. The minimum absolute atomic E-state index is 0.0229. The molecular weight excluding hydrogens is 329 g/mol. The molecule has 2 aromatic carbocycles. The third kappa shape index (κ3) is 3.88. The van der Waals surface area contributed by atoms with Gasteiger partial charge in [0.15, 0.2) is 17.6 Å². The van der Waals surface area contributed by atoms with Crippen LogP contribution in [0.15, 0.2) is 42.5 Å². The number of carbonyl (C=O) groups is 2. The molecule has 7 heteroatoms. The predicted molar refractivity (Wildman–Crippen MR) is 87.3 cm³/mol. The molecule has 1 aliphatic rings. The average Bonchev–Trinajstić information content (AvgIpc) is 2.63. The number of halogens is 1. The first-order valence-corrected chi connectivity index (χ1v) is 7.70. The number of ether oxygens (including phenoxy) is 3. The molecule has 0 aliphatic carbocycles. The van der Waals surface area contributed by atoms with Crippen LogP contribution in [-0.4, -0.2) is 31.2 Å². The number of nitrogens with one attached hydrogen (secondary N) is 1. The maximum Gasteiger partial charge on any atom is 0.339 e. The van der Waals surface area contributed by atoms with Crippen LogP contribution in [-0.2, 0) is 9.53 Å². The summed E-state index contributed by atoms with van der Waals surface area (Å²) in [6.45, 7) is 2.25. The largest absolute Gasteiger partial charge is 0.486 e. The van der Waals surface area contributed by atoms with E-state index in [1.54, 1.807) is 12.1 Å². The zero-order chi connectivity index (χ0) is 17.8. The van der Waals surface area contributed by atoms with E-state index in [9.17, 15) is 14.0 Å². The van der Waals surface area contributed by atoms with Gasteiger partial charge in [-0.2, -0.15) is 0 Å². The molecule has 2 aromatic rings. The summed E-state index contributed by atoms with van der Waals surface area (Å²) >= 11 is 0. The first-order chi connectivity index (χ1) is 12.0. The fourth-order valence-corrected chi connectivity index (χ4v) is 2.25. The lowest BCUT2D eigenvalue weighted by molar-refractivity contribution is -0.123. The molecule has 130 valence electrons. The Bertz CT molecular complexity index is 808. The van der Waals surface area contributed by atoms with E-state index in [2.05, 4.69) is 5.32 Å². The molecule has 1 N–H and O–H groups in total. The lowest BCUT2D eigenvalue weighted by Gasteiger charge is -2.19. The van der Waals surface area contributed by atoms with Crippen LogP contribution in [0.4, 0.5) is 10.1 Å². The molecule has 0 saturated heterocycles. The zero-order valence-electron chi connectivity index (χ0n) is 13.5. The normalized spacial score (nSPS) is 13.7. The first-order valence-electron chi connectivity index (χ1n) is 7.70. The quantitative estimate of drug-likeness (QED) is 0.863. The van der Waals surface area contributed by atoms with Gasteiger partial charge in [0, 0.05) is 0 Å². The van der Waals surface area contributed by atoms with Crippen molar-refractivity contribution < 1.29 is 28.2 Å². The minimum atomic E-state index is -1.10. The number of hydrogen-bond acceptors (Lipinski definition) is 5. The molecule has 25 heavy (non-hydrogen) atoms. The van der Waals surface area contributed by atoms with Crippen molar-refractivity contribution in [1.29, 1.82) is 0 Å². The van der Waals surface area contributed by atoms with Gasteiger partial charge in [-0.3, -0.25) is 4.79 Å². The van der Waals surface area contributed by atoms with Crippen molar-refractivity contribution in [2.75, 3.05) is 18.5 Å². The highest BCUT2D eigenvalue weighted by atomic mass is 19.1. The number of fused-ring (bicyclic) bond motifs is 1. The minimum Gasteiger partial charge on any atom is -0.486 e. The maximum absolute atomic E-state index is 13.6. The summed E-state index contributed by atoms with van der Waals surface area (Å²) in [5.74, 6) is -0.886. The molecule has 1 atom stereocenters. The smallest absolute Gasteiger partial charge is 0.339 e. The molecule has 3 rings (SSSR count). The van der Waals surface area contributed by atoms with Crippen LogP contribution in [0.5, 0.6) is 11.5 Å². The number of para-hydroxylation sites is 1. The van der Waals surface area contributed by atoms with Crippen LogP contribution in [0.25, 0.3) is 0 Å². The molecule has 0 aromatic heterocycles. The monoisotopic (exact) mass is 345 g/mol. The molecular formula is C18H16FNO5. The summed E-state index contributed by atoms with van der Waals surface area (Å²) in [5, 5.41) is 2.38. The summed E-state index contributed by atoms with van der Waals surface area (Å²) in [6.07, 6.45) is -1.10. The summed E-state index contributed by atoms with van der Waals surface area (Å²) in [4.78, 5) is 24.3. The van der Waals surface area contributed by atoms with Crippen LogP contribution < -0.4 is 14.8 Å². The SMILES string of the molecule is C[C@H](OC(=O)c1ccc2c(c1)OCCO2)C(=O)Nc1ccccc1F. The second-order valence-electron chi connectivity index (χ2n) is 5.38. The Labute approximate surface area is 143 Å². The van der Waals surface area contributed by atoms with E-state index in [0.717, 1.165) is 0 Å². The van der Waals surface area contributed by atoms with Gasteiger partial charge in [-0.15, -0.1) is 0 Å². The number of anilines is 1. The van der Waals surface area contributed by atoms with Gasteiger partial charge in [0.1, 0.15) is 19.0 Å². The lowest BCUT2D eigenvalue weighted by Crippen LogP contribution is -2.30. The van der Waals surface area contributed by atoms with Crippen molar-refractivity contribution in [1.82, 2.24) is 0 Å². The molecule has 1 heterocycles. The number of rotatable bonds is 4. The maximum atomic E-state index is 13.6. The summed E-state index contributed by atoms with van der Waals surface area (Å²) < 4.78 is 29.5. The fourth-order valence-electron chi connectivity index (χ4n) is 2.25. The molecule has 6 nitrogen and oxygen atoms in total. The van der Waals surface area contributed by atoms with Gasteiger partial charge in [-0.25, -0.2) is 9.18 Å². The van der Waals surface area contributed by atoms with E-state index in [1.807, 2.05) is 0 Å². The van der Waals surface area contributed by atoms with Gasteiger partial charge in [0.2, 0.25) is 0 Å². The summed E-state index contributed by atoms with van der Waals surface area (Å²) in [7, 11) is 0. The Hall–Kier alpha value is -3.09. The standard InChI is InChI=1S/C18H16FNO5/c1-11(17(21)20-14-5-3-2-4-13(14)19)25-18(22)12-6-7-15-16(10-12)24-9-8-23-15/h2-7,10-11H,8-9H2,1H3,(H,20,21)/t11-/m0/s1. The Morgan fingerprint density at radius 3 is 2.60 bits per heavy atom. The number of amides is 1. The Morgan fingerprint density at radius 2 is 1.84 bits per heavy atom. The fraction of sp³-hybridized carbons (Fsp3) is 0.222. The number of carbonyl (C=O) groups excluding carboxylic acids is 2. The van der Waals surface area contributed by atoms with E-state index in [0.29, 0.717) is 24.7 Å². The number of esters is 1. The highest BCUT2D eigenvalue weighted by molar-refractivity contribution is 5.97. The molecule has 0 bridgehead atoms. The Balaban J connectivity index is 1.64. The Kier molecular flexibility index (Phi) is 4.83. The summed E-state index contributed by atoms with van der Waals surface area (Å²) in [6, 6.07) is 10.4. The van der Waals surface area contributed by atoms with Gasteiger partial charge in [0.25, 0.3) is 5.91 Å². The Morgan fingerprint density at radius 1 is 1.12 bits per heavy atom. The van der Waals surface area contributed by atoms with Crippen molar-refractivity contribution in [2.45, 2.75) is 13.0 Å². The van der Waals surface area contributed by atoms with Crippen LogP contribution in [0.2, 0.25) is 0 Å². The third-order valence-corrected chi connectivity index (χ3v) is 3.56. The van der Waals surface area contributed by atoms with E-state index in [1.165, 1.54) is 37.3 Å². The van der Waals surface area contributed by atoms with Gasteiger partial charge in [-0.05, 0) is 37.3 Å². The predicted octanol–water partition coefficient (Wildman–Crippen LogP) is 2.78. The van der Waals surface area contributed by atoms with Crippen LogP contribution in [0.1, 0.15) is 17.3 Å². The third-order valence-electron chi connectivity index (χ3n) is 3.56. The highest BCUT2D eigenvalue weighted by Crippen LogP contribution is 2.31. The van der Waals surface area contributed by atoms with E-state index in [4.69, 9.17) is 14.2 Å². The molecule has 0 unspecified atom stereocenters. The second kappa shape index (κ2) is 7.21. The van der Waals surface area contributed by atoms with Crippen molar-refractivity contribution in [3.05, 3.63) is 53.8 Å². The molecule has 0 fully saturated rings. The second-order valence-corrected chi connectivity index (χ2v) is 5.38. The van der Waals surface area contributed by atoms with Crippen LogP contribution in [0.3, 0.4) is 0 Å². The average molecular weight is 345 g/mol. The van der Waals surface area contributed by atoms with Crippen molar-refractivity contribution in [3.63, 3.8) is 0 Å². The zero-order valence-corrected chi connectivity index (χ0v) is 13.5. The topological polar surface area (TPSA) is 73.9 Å². The van der Waals surface area contributed by atoms with Crippen molar-refractivity contribution in [2.24, 2.45) is 0 Å². The van der Waals surface area contributed by atoms with Crippen molar-refractivity contribution in [3.8, 4) is 11.5 Å². The van der Waals surface area contributed by atoms with Crippen LogP contribution >= 0.6 is 0 Å². The van der Waals surface area contributed by atoms with E-state index >= 15 is 0 Å². The number of hydrogen-bond donors (Lipinski definition) is 1. The van der Waals surface area contributed by atoms with Crippen LogP contribution in [0, 0.1) is 5.82 Å². The van der Waals surface area contributed by atoms with Crippen molar-refractivity contribution >= 4 is 17.6 Å². The van der Waals surface area contributed by atoms with Gasteiger partial charge in [0.05, 0.1) is 11.3 Å². The van der Waals surface area contributed by atoms with E-state index < -0.39 is 23.8 Å². The van der Waals surface area contributed by atoms with Gasteiger partial charge >= 0.3 is 5.97 Å². The lowest BCUT2D eigenvalue weighted by atomic mass is 10.2. The molecule has 0 saturated carbocycles. The van der Waals surface area contributed by atoms with Gasteiger partial charge in [-0.1, -0.05) is 12.1 Å². The van der Waals surface area contributed by atoms with Gasteiger partial charge < -0.3 is 19.5 Å². The molecule has 1 amide bonds. The first kappa shape index (κ1) is 16.8. The molecule has 0 radical (unpaired) electrons. The molecule has 1 aliphatic heterocycles. The molecule has 0 spiro atoms. The van der Waals surface area contributed by atoms with E-state index in [-0.39, 0.29) is 11.3 Å². The highest BCUT2D eigenvalue weighted by Gasteiger charge is 2.21.